The van der Waals surface area contributed by atoms with E-state index in [1.165, 1.54) is 0 Å². The Kier molecular flexibility index (Phi) is 4.08. The average molecular weight is 413 g/mol. The van der Waals surface area contributed by atoms with Gasteiger partial charge in [-0.15, -0.1) is 11.6 Å². The standard InChI is InChI=1S/C16H14ClIN2O/c1-20-9-11-8-10(6-7-14(11)19-16(20)21)15(17)12-4-2-3-5-13(12)18/h2-8,15H,9H2,1H3,(H,19,21). The number of rotatable bonds is 2. The Morgan fingerprint density at radius 3 is 2.81 bits per heavy atom. The number of halogens is 2. The van der Waals surface area contributed by atoms with Crippen LogP contribution in [0.5, 0.6) is 0 Å². The zero-order chi connectivity index (χ0) is 15.0. The molecule has 0 aromatic heterocycles. The van der Waals surface area contributed by atoms with Crippen LogP contribution in [0.15, 0.2) is 42.5 Å². The van der Waals surface area contributed by atoms with Crippen LogP contribution in [-0.2, 0) is 6.54 Å². The fourth-order valence-corrected chi connectivity index (χ4v) is 3.63. The molecule has 5 heteroatoms. The van der Waals surface area contributed by atoms with Crippen LogP contribution < -0.4 is 5.32 Å². The highest BCUT2D eigenvalue weighted by Crippen LogP contribution is 2.34. The summed E-state index contributed by atoms with van der Waals surface area (Å²) in [6, 6.07) is 14.0. The van der Waals surface area contributed by atoms with Gasteiger partial charge in [0.15, 0.2) is 0 Å². The topological polar surface area (TPSA) is 32.3 Å². The lowest BCUT2D eigenvalue weighted by atomic mass is 10.00. The van der Waals surface area contributed by atoms with E-state index in [1.54, 1.807) is 11.9 Å². The van der Waals surface area contributed by atoms with Gasteiger partial charge in [0.05, 0.1) is 5.38 Å². The quantitative estimate of drug-likeness (QED) is 0.567. The number of hydrogen-bond acceptors (Lipinski definition) is 1. The lowest BCUT2D eigenvalue weighted by Crippen LogP contribution is -2.35. The molecule has 1 heterocycles. The summed E-state index contributed by atoms with van der Waals surface area (Å²) < 4.78 is 1.15. The maximum atomic E-state index is 11.6. The van der Waals surface area contributed by atoms with Gasteiger partial charge in [-0.3, -0.25) is 0 Å². The van der Waals surface area contributed by atoms with Crippen LogP contribution in [0, 0.1) is 3.57 Å². The lowest BCUT2D eigenvalue weighted by Gasteiger charge is -2.26. The largest absolute Gasteiger partial charge is 0.323 e. The molecule has 0 aliphatic carbocycles. The average Bonchev–Trinajstić information content (AvgIpc) is 2.48. The molecule has 2 aromatic rings. The van der Waals surface area contributed by atoms with E-state index >= 15 is 0 Å². The zero-order valence-electron chi connectivity index (χ0n) is 11.4. The minimum atomic E-state index is -0.189. The van der Waals surface area contributed by atoms with E-state index < -0.39 is 0 Å². The fourth-order valence-electron chi connectivity index (χ4n) is 2.42. The highest BCUT2D eigenvalue weighted by molar-refractivity contribution is 14.1. The van der Waals surface area contributed by atoms with Crippen molar-refractivity contribution >= 4 is 45.9 Å². The second-order valence-corrected chi connectivity index (χ2v) is 6.69. The molecule has 1 N–H and O–H groups in total. The molecular formula is C16H14ClIN2O. The molecule has 3 nitrogen and oxygen atoms in total. The summed E-state index contributed by atoms with van der Waals surface area (Å²) in [5.74, 6) is 0. The Morgan fingerprint density at radius 1 is 1.29 bits per heavy atom. The van der Waals surface area contributed by atoms with Gasteiger partial charge in [0.25, 0.3) is 0 Å². The summed E-state index contributed by atoms with van der Waals surface area (Å²) in [6.07, 6.45) is 0. The summed E-state index contributed by atoms with van der Waals surface area (Å²) in [4.78, 5) is 13.3. The van der Waals surface area contributed by atoms with E-state index in [4.69, 9.17) is 11.6 Å². The molecule has 1 aliphatic rings. The molecule has 0 fully saturated rings. The van der Waals surface area contributed by atoms with Crippen molar-refractivity contribution in [2.24, 2.45) is 0 Å². The number of nitrogens with one attached hydrogen (secondary N) is 1. The summed E-state index contributed by atoms with van der Waals surface area (Å²) in [5, 5.41) is 2.68. The monoisotopic (exact) mass is 412 g/mol. The highest BCUT2D eigenvalue weighted by atomic mass is 127. The van der Waals surface area contributed by atoms with E-state index in [0.29, 0.717) is 6.54 Å². The molecule has 2 aromatic carbocycles. The van der Waals surface area contributed by atoms with E-state index in [1.807, 2.05) is 30.3 Å². The van der Waals surface area contributed by atoms with E-state index in [2.05, 4.69) is 40.0 Å². The number of fused-ring (bicyclic) bond motifs is 1. The normalized spacial score (nSPS) is 15.4. The van der Waals surface area contributed by atoms with Crippen molar-refractivity contribution in [2.75, 3.05) is 12.4 Å². The molecule has 1 unspecified atom stereocenters. The van der Waals surface area contributed by atoms with E-state index in [0.717, 1.165) is 25.9 Å². The van der Waals surface area contributed by atoms with Gasteiger partial charge in [0.1, 0.15) is 0 Å². The van der Waals surface area contributed by atoms with Crippen LogP contribution in [0.2, 0.25) is 0 Å². The fraction of sp³-hybridized carbons (Fsp3) is 0.188. The molecule has 1 atom stereocenters. The first-order valence-corrected chi connectivity index (χ1v) is 8.11. The first-order valence-electron chi connectivity index (χ1n) is 6.59. The van der Waals surface area contributed by atoms with Gasteiger partial charge in [-0.05, 0) is 51.4 Å². The molecule has 108 valence electrons. The number of carbonyl (C=O) groups excluding carboxylic acids is 1. The Labute approximate surface area is 142 Å². The number of urea groups is 1. The number of benzene rings is 2. The van der Waals surface area contributed by atoms with Gasteiger partial charge >= 0.3 is 6.03 Å². The van der Waals surface area contributed by atoms with Crippen LogP contribution in [0.1, 0.15) is 22.1 Å². The molecule has 2 amide bonds. The van der Waals surface area contributed by atoms with Crippen molar-refractivity contribution in [1.82, 2.24) is 4.90 Å². The maximum Gasteiger partial charge on any atom is 0.321 e. The second-order valence-electron chi connectivity index (χ2n) is 5.09. The first-order chi connectivity index (χ1) is 10.1. The predicted octanol–water partition coefficient (Wildman–Crippen LogP) is 4.60. The lowest BCUT2D eigenvalue weighted by molar-refractivity contribution is 0.218. The summed E-state index contributed by atoms with van der Waals surface area (Å²) >= 11 is 8.94. The highest BCUT2D eigenvalue weighted by Gasteiger charge is 2.21. The number of amides is 2. The third kappa shape index (κ3) is 2.87. The number of hydrogen-bond donors (Lipinski definition) is 1. The Morgan fingerprint density at radius 2 is 2.05 bits per heavy atom. The number of anilines is 1. The molecular weight excluding hydrogens is 399 g/mol. The van der Waals surface area contributed by atoms with Crippen molar-refractivity contribution in [2.45, 2.75) is 11.9 Å². The smallest absolute Gasteiger partial charge is 0.321 e. The Bertz CT molecular complexity index is 704. The summed E-state index contributed by atoms with van der Waals surface area (Å²) in [7, 11) is 1.78. The Hall–Kier alpha value is -1.27. The number of alkyl halides is 1. The molecule has 3 rings (SSSR count). The minimum absolute atomic E-state index is 0.0738. The minimum Gasteiger partial charge on any atom is -0.323 e. The van der Waals surface area contributed by atoms with Crippen LogP contribution in [0.4, 0.5) is 10.5 Å². The number of carbonyl (C=O) groups is 1. The molecule has 0 bridgehead atoms. The third-order valence-corrected chi connectivity index (χ3v) is 5.07. The molecule has 0 spiro atoms. The SMILES string of the molecule is CN1Cc2cc(C(Cl)c3ccccc3I)ccc2NC1=O. The number of nitrogens with zero attached hydrogens (tertiary/aromatic N) is 1. The Balaban J connectivity index is 1.96. The third-order valence-electron chi connectivity index (χ3n) is 3.60. The van der Waals surface area contributed by atoms with Crippen LogP contribution in [0.25, 0.3) is 0 Å². The van der Waals surface area contributed by atoms with Crippen molar-refractivity contribution in [3.8, 4) is 0 Å². The van der Waals surface area contributed by atoms with Gasteiger partial charge in [-0.2, -0.15) is 0 Å². The van der Waals surface area contributed by atoms with Gasteiger partial charge in [-0.25, -0.2) is 4.79 Å². The van der Waals surface area contributed by atoms with E-state index in [-0.39, 0.29) is 11.4 Å². The summed E-state index contributed by atoms with van der Waals surface area (Å²) in [6.45, 7) is 0.602. The molecule has 1 aliphatic heterocycles. The molecule has 0 saturated heterocycles. The van der Waals surface area contributed by atoms with Gasteiger partial charge in [0, 0.05) is 22.8 Å². The second kappa shape index (κ2) is 5.85. The predicted molar refractivity (Wildman–Crippen MR) is 93.8 cm³/mol. The van der Waals surface area contributed by atoms with Crippen molar-refractivity contribution in [3.05, 3.63) is 62.7 Å². The zero-order valence-corrected chi connectivity index (χ0v) is 14.4. The van der Waals surface area contributed by atoms with Crippen LogP contribution in [0.3, 0.4) is 0 Å². The molecule has 0 saturated carbocycles. The van der Waals surface area contributed by atoms with Crippen LogP contribution in [-0.4, -0.2) is 18.0 Å². The van der Waals surface area contributed by atoms with Gasteiger partial charge in [-0.1, -0.05) is 30.3 Å². The maximum absolute atomic E-state index is 11.6. The molecule has 21 heavy (non-hydrogen) atoms. The van der Waals surface area contributed by atoms with Crippen molar-refractivity contribution < 1.29 is 4.79 Å². The van der Waals surface area contributed by atoms with Gasteiger partial charge in [0.2, 0.25) is 0 Å². The summed E-state index contributed by atoms with van der Waals surface area (Å²) in [5.41, 5.74) is 4.11. The van der Waals surface area contributed by atoms with Crippen molar-refractivity contribution in [3.63, 3.8) is 0 Å². The van der Waals surface area contributed by atoms with Gasteiger partial charge < -0.3 is 10.2 Å². The first kappa shape index (κ1) is 14.7. The molecule has 0 radical (unpaired) electrons. The van der Waals surface area contributed by atoms with Crippen LogP contribution >= 0.6 is 34.2 Å². The van der Waals surface area contributed by atoms with E-state index in [9.17, 15) is 4.79 Å². The van der Waals surface area contributed by atoms with Crippen molar-refractivity contribution in [1.29, 1.82) is 0 Å².